The molecule has 8 heteroatoms. The maximum Gasteiger partial charge on any atom is 0.259 e. The molecule has 1 N–H and O–H groups in total. The van der Waals surface area contributed by atoms with Crippen molar-refractivity contribution in [3.05, 3.63) is 75.8 Å². The number of hydrogen-bond donors (Lipinski definition) is 1. The number of carbonyl (C=O) groups is 3. The van der Waals surface area contributed by atoms with E-state index in [0.29, 0.717) is 33.4 Å². The fraction of sp³-hybridized carbons (Fsp3) is 0.296. The van der Waals surface area contributed by atoms with E-state index in [1.807, 2.05) is 44.2 Å². The zero-order valence-electron chi connectivity index (χ0n) is 19.8. The first-order chi connectivity index (χ1) is 16.7. The second kappa shape index (κ2) is 10.3. The third kappa shape index (κ3) is 5.00. The Kier molecular flexibility index (Phi) is 7.33. The van der Waals surface area contributed by atoms with Crippen molar-refractivity contribution in [3.8, 4) is 0 Å². The molecule has 4 rings (SSSR count). The summed E-state index contributed by atoms with van der Waals surface area (Å²) >= 11 is 12.8. The van der Waals surface area contributed by atoms with Gasteiger partial charge in [-0.3, -0.25) is 19.3 Å². The molecule has 0 bridgehead atoms. The number of nitrogens with one attached hydrogen (secondary N) is 1. The van der Waals surface area contributed by atoms with Crippen molar-refractivity contribution in [1.82, 2.24) is 10.2 Å². The Morgan fingerprint density at radius 2 is 1.60 bits per heavy atom. The van der Waals surface area contributed by atoms with E-state index in [1.54, 1.807) is 31.2 Å². The van der Waals surface area contributed by atoms with Gasteiger partial charge in [0.15, 0.2) is 0 Å². The van der Waals surface area contributed by atoms with E-state index in [9.17, 15) is 14.4 Å². The Balaban J connectivity index is 1.64. The fourth-order valence-corrected chi connectivity index (χ4v) is 4.77. The minimum atomic E-state index is -0.801. The standard InChI is InChI=1S/C27H27Cl2N3O3/c1-16(2)13-30-26(34)17(3)31(14-20-21(28)10-6-11-22(20)29)24(33)15-32-23-12-5-8-18-7-4-9-19(25(18)23)27(32)35/h4-12,16-17H,13-15H2,1-3H3,(H,30,34)/t17-/m1/s1. The van der Waals surface area contributed by atoms with Crippen LogP contribution in [0, 0.1) is 5.92 Å². The number of halogens is 2. The molecule has 0 radical (unpaired) electrons. The molecule has 0 unspecified atom stereocenters. The molecule has 0 aromatic heterocycles. The van der Waals surface area contributed by atoms with Crippen LogP contribution in [0.1, 0.15) is 36.7 Å². The van der Waals surface area contributed by atoms with Crippen LogP contribution in [0.4, 0.5) is 5.69 Å². The summed E-state index contributed by atoms with van der Waals surface area (Å²) in [5.74, 6) is -0.646. The van der Waals surface area contributed by atoms with Gasteiger partial charge in [-0.15, -0.1) is 0 Å². The van der Waals surface area contributed by atoms with E-state index in [1.165, 1.54) is 9.80 Å². The summed E-state index contributed by atoms with van der Waals surface area (Å²) in [5.41, 5.74) is 1.80. The van der Waals surface area contributed by atoms with E-state index in [-0.39, 0.29) is 36.7 Å². The van der Waals surface area contributed by atoms with Gasteiger partial charge in [-0.1, -0.05) is 67.4 Å². The lowest BCUT2D eigenvalue weighted by molar-refractivity contribution is -0.139. The monoisotopic (exact) mass is 511 g/mol. The molecule has 182 valence electrons. The minimum absolute atomic E-state index is 0.0345. The molecular weight excluding hydrogens is 485 g/mol. The van der Waals surface area contributed by atoms with Crippen molar-refractivity contribution >= 4 is 57.4 Å². The Morgan fingerprint density at radius 3 is 2.26 bits per heavy atom. The summed E-state index contributed by atoms with van der Waals surface area (Å²) in [5, 5.41) is 5.45. The lowest BCUT2D eigenvalue weighted by Crippen LogP contribution is -2.51. The molecule has 1 atom stereocenters. The summed E-state index contributed by atoms with van der Waals surface area (Å²) < 4.78 is 0. The molecule has 1 aliphatic heterocycles. The Bertz CT molecular complexity index is 1280. The van der Waals surface area contributed by atoms with Crippen LogP contribution in [-0.4, -0.2) is 41.8 Å². The van der Waals surface area contributed by atoms with Crippen molar-refractivity contribution in [2.24, 2.45) is 5.92 Å². The van der Waals surface area contributed by atoms with E-state index >= 15 is 0 Å². The first-order valence-corrected chi connectivity index (χ1v) is 12.3. The SMILES string of the molecule is CC(C)CNC(=O)[C@@H](C)N(Cc1c(Cl)cccc1Cl)C(=O)CN1C(=O)c2cccc3cccc1c23. The number of rotatable bonds is 8. The van der Waals surface area contributed by atoms with E-state index < -0.39 is 6.04 Å². The van der Waals surface area contributed by atoms with Gasteiger partial charge in [-0.25, -0.2) is 0 Å². The molecular formula is C27H27Cl2N3O3. The van der Waals surface area contributed by atoms with Crippen LogP contribution < -0.4 is 10.2 Å². The average molecular weight is 512 g/mol. The van der Waals surface area contributed by atoms with Crippen LogP contribution in [0.2, 0.25) is 10.0 Å². The highest BCUT2D eigenvalue weighted by Gasteiger charge is 2.34. The zero-order valence-corrected chi connectivity index (χ0v) is 21.4. The predicted octanol–water partition coefficient (Wildman–Crippen LogP) is 5.30. The van der Waals surface area contributed by atoms with Gasteiger partial charge in [0, 0.05) is 39.6 Å². The Hall–Kier alpha value is -3.09. The molecule has 3 aromatic carbocycles. The van der Waals surface area contributed by atoms with Crippen LogP contribution in [0.25, 0.3) is 10.8 Å². The van der Waals surface area contributed by atoms with Gasteiger partial charge in [0.05, 0.1) is 5.69 Å². The second-order valence-corrected chi connectivity index (χ2v) is 9.92. The molecule has 0 fully saturated rings. The van der Waals surface area contributed by atoms with Crippen molar-refractivity contribution in [2.45, 2.75) is 33.4 Å². The highest BCUT2D eigenvalue weighted by Crippen LogP contribution is 2.37. The number of nitrogens with zero attached hydrogens (tertiary/aromatic N) is 2. The number of carbonyl (C=O) groups excluding carboxylic acids is 3. The lowest BCUT2D eigenvalue weighted by Gasteiger charge is -2.31. The van der Waals surface area contributed by atoms with Crippen molar-refractivity contribution < 1.29 is 14.4 Å². The molecule has 0 saturated carbocycles. The van der Waals surface area contributed by atoms with E-state index in [2.05, 4.69) is 5.32 Å². The molecule has 0 spiro atoms. The summed E-state index contributed by atoms with van der Waals surface area (Å²) in [6, 6.07) is 15.5. The summed E-state index contributed by atoms with van der Waals surface area (Å²) in [4.78, 5) is 42.7. The summed E-state index contributed by atoms with van der Waals surface area (Å²) in [6.45, 7) is 5.96. The van der Waals surface area contributed by atoms with Gasteiger partial charge in [0.2, 0.25) is 11.8 Å². The molecule has 3 amide bonds. The molecule has 3 aromatic rings. The fourth-order valence-electron chi connectivity index (χ4n) is 4.25. The van der Waals surface area contributed by atoms with Crippen LogP contribution in [0.15, 0.2) is 54.6 Å². The molecule has 6 nitrogen and oxygen atoms in total. The Morgan fingerprint density at radius 1 is 0.971 bits per heavy atom. The smallest absolute Gasteiger partial charge is 0.259 e. The van der Waals surface area contributed by atoms with E-state index in [0.717, 1.165) is 10.8 Å². The third-order valence-electron chi connectivity index (χ3n) is 6.18. The Labute approximate surface area is 214 Å². The summed E-state index contributed by atoms with van der Waals surface area (Å²) in [7, 11) is 0. The van der Waals surface area contributed by atoms with Gasteiger partial charge in [-0.2, -0.15) is 0 Å². The maximum atomic E-state index is 13.7. The van der Waals surface area contributed by atoms with Crippen LogP contribution in [0.5, 0.6) is 0 Å². The molecule has 1 heterocycles. The number of hydrogen-bond acceptors (Lipinski definition) is 3. The number of benzene rings is 3. The van der Waals surface area contributed by atoms with Gasteiger partial charge < -0.3 is 10.2 Å². The number of anilines is 1. The highest BCUT2D eigenvalue weighted by atomic mass is 35.5. The minimum Gasteiger partial charge on any atom is -0.354 e. The average Bonchev–Trinajstić information content (AvgIpc) is 3.10. The lowest BCUT2D eigenvalue weighted by atomic mass is 10.1. The maximum absolute atomic E-state index is 13.7. The van der Waals surface area contributed by atoms with Crippen molar-refractivity contribution in [2.75, 3.05) is 18.0 Å². The zero-order chi connectivity index (χ0) is 25.3. The first kappa shape index (κ1) is 25.0. The van der Waals surface area contributed by atoms with Gasteiger partial charge in [0.1, 0.15) is 12.6 Å². The molecule has 0 saturated heterocycles. The van der Waals surface area contributed by atoms with Crippen LogP contribution in [-0.2, 0) is 16.1 Å². The van der Waals surface area contributed by atoms with Gasteiger partial charge in [-0.05, 0) is 42.5 Å². The second-order valence-electron chi connectivity index (χ2n) is 9.11. The van der Waals surface area contributed by atoms with E-state index in [4.69, 9.17) is 23.2 Å². The van der Waals surface area contributed by atoms with Crippen LogP contribution >= 0.6 is 23.2 Å². The first-order valence-electron chi connectivity index (χ1n) is 11.5. The molecule has 0 aliphatic carbocycles. The predicted molar refractivity (Wildman–Crippen MR) is 140 cm³/mol. The van der Waals surface area contributed by atoms with Crippen LogP contribution in [0.3, 0.4) is 0 Å². The highest BCUT2D eigenvalue weighted by molar-refractivity contribution is 6.36. The van der Waals surface area contributed by atoms with Gasteiger partial charge >= 0.3 is 0 Å². The van der Waals surface area contributed by atoms with Crippen molar-refractivity contribution in [3.63, 3.8) is 0 Å². The number of amides is 3. The largest absolute Gasteiger partial charge is 0.354 e. The molecule has 35 heavy (non-hydrogen) atoms. The topological polar surface area (TPSA) is 69.7 Å². The third-order valence-corrected chi connectivity index (χ3v) is 6.89. The molecule has 1 aliphatic rings. The van der Waals surface area contributed by atoms with Crippen molar-refractivity contribution in [1.29, 1.82) is 0 Å². The quantitative estimate of drug-likeness (QED) is 0.446. The summed E-state index contributed by atoms with van der Waals surface area (Å²) in [6.07, 6.45) is 0. The normalized spacial score (nSPS) is 13.4. The van der Waals surface area contributed by atoms with Gasteiger partial charge in [0.25, 0.3) is 5.91 Å².